The third-order valence-corrected chi connectivity index (χ3v) is 6.55. The number of hydrogen-bond acceptors (Lipinski definition) is 2. The van der Waals surface area contributed by atoms with Crippen LogP contribution in [0.15, 0.2) is 72.8 Å². The molecule has 2 nitrogen and oxygen atoms in total. The molecule has 0 unspecified atom stereocenters. The Morgan fingerprint density at radius 1 is 0.538 bits per heavy atom. The summed E-state index contributed by atoms with van der Waals surface area (Å²) in [4.78, 5) is 0. The van der Waals surface area contributed by atoms with Crippen LogP contribution in [0, 0.1) is 23.3 Å². The van der Waals surface area contributed by atoms with Crippen LogP contribution in [0.5, 0.6) is 11.5 Å². The van der Waals surface area contributed by atoms with E-state index in [1.807, 2.05) is 13.8 Å². The van der Waals surface area contributed by atoms with Crippen LogP contribution in [0.4, 0.5) is 17.6 Å². The van der Waals surface area contributed by atoms with Crippen molar-refractivity contribution in [3.8, 4) is 33.8 Å². The third-order valence-electron chi connectivity index (χ3n) is 6.55. The summed E-state index contributed by atoms with van der Waals surface area (Å²) in [7, 11) is 0. The van der Waals surface area contributed by atoms with Crippen LogP contribution < -0.4 is 9.47 Å². The minimum absolute atomic E-state index is 0.0765. The highest BCUT2D eigenvalue weighted by molar-refractivity contribution is 5.72. The van der Waals surface area contributed by atoms with E-state index in [9.17, 15) is 8.78 Å². The summed E-state index contributed by atoms with van der Waals surface area (Å²) in [6.07, 6.45) is 3.29. The molecule has 0 saturated carbocycles. The van der Waals surface area contributed by atoms with E-state index in [-0.39, 0.29) is 28.9 Å². The normalized spacial score (nSPS) is 11.0. The molecule has 0 fully saturated rings. The van der Waals surface area contributed by atoms with Crippen LogP contribution in [-0.4, -0.2) is 13.2 Å². The van der Waals surface area contributed by atoms with E-state index >= 15 is 8.78 Å². The zero-order valence-electron chi connectivity index (χ0n) is 22.2. The lowest BCUT2D eigenvalue weighted by Crippen LogP contribution is -2.03. The van der Waals surface area contributed by atoms with Gasteiger partial charge in [-0.15, -0.1) is 0 Å². The average Bonchev–Trinajstić information content (AvgIpc) is 2.96. The van der Waals surface area contributed by atoms with Gasteiger partial charge >= 0.3 is 0 Å². The van der Waals surface area contributed by atoms with Gasteiger partial charge in [-0.3, -0.25) is 0 Å². The molecule has 39 heavy (non-hydrogen) atoms. The lowest BCUT2D eigenvalue weighted by Gasteiger charge is -2.11. The highest BCUT2D eigenvalue weighted by atomic mass is 19.2. The van der Waals surface area contributed by atoms with Gasteiger partial charge in [-0.05, 0) is 66.1 Å². The summed E-state index contributed by atoms with van der Waals surface area (Å²) in [6.45, 7) is 4.93. The minimum Gasteiger partial charge on any atom is -0.494 e. The van der Waals surface area contributed by atoms with Crippen molar-refractivity contribution in [2.45, 2.75) is 46.0 Å². The predicted octanol–water partition coefficient (Wildman–Crippen LogP) is 9.33. The molecule has 0 bridgehead atoms. The number of rotatable bonds is 12. The van der Waals surface area contributed by atoms with Crippen LogP contribution in [0.2, 0.25) is 0 Å². The summed E-state index contributed by atoms with van der Waals surface area (Å²) in [5, 5.41) is 0. The Labute approximate surface area is 227 Å². The van der Waals surface area contributed by atoms with Crippen molar-refractivity contribution in [1.29, 1.82) is 0 Å². The standard InChI is InChI=1S/C33H32F4O2/c1-3-5-21-39-29-19-14-25(30(34)33(29)37)11-8-22-6-9-23(10-7-22)27-17-18-28(32(36)31(27)35)24-12-15-26(16-13-24)38-20-4-2/h6-7,9-10,12-19H,3-5,8,11,20-21H2,1-2H3. The van der Waals surface area contributed by atoms with E-state index in [1.54, 1.807) is 66.7 Å². The second-order valence-corrected chi connectivity index (χ2v) is 9.41. The van der Waals surface area contributed by atoms with E-state index in [0.717, 1.165) is 24.8 Å². The Morgan fingerprint density at radius 2 is 1.15 bits per heavy atom. The summed E-state index contributed by atoms with van der Waals surface area (Å²) in [6, 6.07) is 20.0. The highest BCUT2D eigenvalue weighted by Crippen LogP contribution is 2.32. The Morgan fingerprint density at radius 3 is 1.74 bits per heavy atom. The summed E-state index contributed by atoms with van der Waals surface area (Å²) in [5.41, 5.74) is 2.53. The van der Waals surface area contributed by atoms with Crippen molar-refractivity contribution in [2.24, 2.45) is 0 Å². The van der Waals surface area contributed by atoms with Crippen molar-refractivity contribution < 1.29 is 27.0 Å². The minimum atomic E-state index is -0.972. The van der Waals surface area contributed by atoms with E-state index in [2.05, 4.69) is 0 Å². The Hall–Kier alpha value is -3.80. The molecule has 0 aromatic heterocycles. The van der Waals surface area contributed by atoms with E-state index < -0.39 is 23.3 Å². The molecular weight excluding hydrogens is 504 g/mol. The van der Waals surface area contributed by atoms with Crippen molar-refractivity contribution in [3.05, 3.63) is 107 Å². The number of halogens is 4. The van der Waals surface area contributed by atoms with Gasteiger partial charge in [0, 0.05) is 11.1 Å². The Balaban J connectivity index is 1.43. The first-order chi connectivity index (χ1) is 18.9. The molecule has 4 aromatic carbocycles. The van der Waals surface area contributed by atoms with Gasteiger partial charge in [0.2, 0.25) is 5.82 Å². The topological polar surface area (TPSA) is 18.5 Å². The first-order valence-corrected chi connectivity index (χ1v) is 13.3. The number of hydrogen-bond donors (Lipinski definition) is 0. The number of unbranched alkanes of at least 4 members (excludes halogenated alkanes) is 1. The van der Waals surface area contributed by atoms with Crippen molar-refractivity contribution in [2.75, 3.05) is 13.2 Å². The van der Waals surface area contributed by atoms with Crippen LogP contribution in [0.3, 0.4) is 0 Å². The molecule has 0 aliphatic heterocycles. The number of aryl methyl sites for hydroxylation is 2. The Kier molecular flexibility index (Phi) is 9.64. The summed E-state index contributed by atoms with van der Waals surface area (Å²) >= 11 is 0. The third kappa shape index (κ3) is 6.80. The SMILES string of the molecule is CCCCOc1ccc(CCc2ccc(-c3ccc(-c4ccc(OCCC)cc4)c(F)c3F)cc2)c(F)c1F. The first kappa shape index (κ1) is 28.2. The molecule has 0 heterocycles. The van der Waals surface area contributed by atoms with Gasteiger partial charge in [0.1, 0.15) is 5.75 Å². The van der Waals surface area contributed by atoms with Gasteiger partial charge in [0.15, 0.2) is 23.2 Å². The van der Waals surface area contributed by atoms with Crippen molar-refractivity contribution in [1.82, 2.24) is 0 Å². The number of benzene rings is 4. The summed E-state index contributed by atoms with van der Waals surface area (Å²) < 4.78 is 69.9. The van der Waals surface area contributed by atoms with E-state index in [1.165, 1.54) is 6.07 Å². The fourth-order valence-corrected chi connectivity index (χ4v) is 4.28. The Bertz CT molecular complexity index is 1380. The molecule has 0 radical (unpaired) electrons. The van der Waals surface area contributed by atoms with Crippen LogP contribution in [0.25, 0.3) is 22.3 Å². The maximum Gasteiger partial charge on any atom is 0.200 e. The zero-order valence-corrected chi connectivity index (χ0v) is 22.2. The second kappa shape index (κ2) is 13.3. The van der Waals surface area contributed by atoms with E-state index in [0.29, 0.717) is 36.5 Å². The first-order valence-electron chi connectivity index (χ1n) is 13.3. The molecule has 0 saturated heterocycles. The molecule has 204 valence electrons. The molecule has 0 atom stereocenters. The quantitative estimate of drug-likeness (QED) is 0.133. The predicted molar refractivity (Wildman–Crippen MR) is 147 cm³/mol. The fraction of sp³-hybridized carbons (Fsp3) is 0.273. The fourth-order valence-electron chi connectivity index (χ4n) is 4.28. The van der Waals surface area contributed by atoms with Crippen LogP contribution in [-0.2, 0) is 12.8 Å². The molecule has 0 N–H and O–H groups in total. The van der Waals surface area contributed by atoms with Gasteiger partial charge in [-0.2, -0.15) is 4.39 Å². The van der Waals surface area contributed by atoms with Gasteiger partial charge in [-0.1, -0.05) is 74.9 Å². The molecule has 4 aromatic rings. The molecule has 0 aliphatic rings. The molecular formula is C33H32F4O2. The smallest absolute Gasteiger partial charge is 0.200 e. The molecule has 4 rings (SSSR count). The molecule has 0 amide bonds. The monoisotopic (exact) mass is 536 g/mol. The zero-order chi connectivity index (χ0) is 27.8. The van der Waals surface area contributed by atoms with Gasteiger partial charge in [0.25, 0.3) is 0 Å². The maximum atomic E-state index is 15.1. The van der Waals surface area contributed by atoms with Crippen LogP contribution >= 0.6 is 0 Å². The summed E-state index contributed by atoms with van der Waals surface area (Å²) in [5.74, 6) is -3.11. The van der Waals surface area contributed by atoms with Gasteiger partial charge in [0.05, 0.1) is 13.2 Å². The lowest BCUT2D eigenvalue weighted by atomic mass is 9.97. The van der Waals surface area contributed by atoms with Crippen LogP contribution in [0.1, 0.15) is 44.2 Å². The van der Waals surface area contributed by atoms with Gasteiger partial charge < -0.3 is 9.47 Å². The average molecular weight is 537 g/mol. The van der Waals surface area contributed by atoms with Crippen molar-refractivity contribution in [3.63, 3.8) is 0 Å². The second-order valence-electron chi connectivity index (χ2n) is 9.41. The molecule has 0 spiro atoms. The molecule has 6 heteroatoms. The van der Waals surface area contributed by atoms with Gasteiger partial charge in [-0.25, -0.2) is 13.2 Å². The maximum absolute atomic E-state index is 15.1. The largest absolute Gasteiger partial charge is 0.494 e. The van der Waals surface area contributed by atoms with E-state index in [4.69, 9.17) is 9.47 Å². The number of ether oxygens (including phenoxy) is 2. The molecule has 0 aliphatic carbocycles. The lowest BCUT2D eigenvalue weighted by molar-refractivity contribution is 0.288. The highest BCUT2D eigenvalue weighted by Gasteiger charge is 2.17. The van der Waals surface area contributed by atoms with Crippen molar-refractivity contribution >= 4 is 0 Å².